The van der Waals surface area contributed by atoms with Gasteiger partial charge in [-0.2, -0.15) is 0 Å². The molecule has 2 aromatic rings. The number of hydrogen-bond acceptors (Lipinski definition) is 4. The number of hydrogen-bond donors (Lipinski definition) is 1. The van der Waals surface area contributed by atoms with Crippen molar-refractivity contribution in [2.45, 2.75) is 25.9 Å². The van der Waals surface area contributed by atoms with Crippen molar-refractivity contribution < 1.29 is 13.2 Å². The molecule has 0 aliphatic carbocycles. The van der Waals surface area contributed by atoms with Crippen LogP contribution in [0.15, 0.2) is 48.5 Å². The first kappa shape index (κ1) is 18.9. The highest BCUT2D eigenvalue weighted by Gasteiger charge is 2.23. The van der Waals surface area contributed by atoms with Crippen molar-refractivity contribution in [3.8, 4) is 0 Å². The van der Waals surface area contributed by atoms with Crippen molar-refractivity contribution >= 4 is 15.7 Å². The molecule has 0 unspecified atom stereocenters. The summed E-state index contributed by atoms with van der Waals surface area (Å²) in [6, 6.07) is 15.6. The smallest absolute Gasteiger partial charge is 0.233 e. The molecule has 0 bridgehead atoms. The predicted molar refractivity (Wildman–Crippen MR) is 105 cm³/mol. The molecule has 1 heterocycles. The standard InChI is InChI=1S/C20H26N2O3S/c1-25-13-6-12-22-15-18-9-5-10-20(19(18)16-22)21-26(23,24)14-11-17-7-3-2-4-8-17/h2-5,7-10,21H,6,11-16H2,1H3. The van der Waals surface area contributed by atoms with Crippen molar-refractivity contribution in [1.29, 1.82) is 0 Å². The number of nitrogens with one attached hydrogen (secondary N) is 1. The molecule has 0 radical (unpaired) electrons. The number of benzene rings is 2. The Labute approximate surface area is 156 Å². The first-order valence-corrected chi connectivity index (χ1v) is 10.6. The monoisotopic (exact) mass is 374 g/mol. The maximum atomic E-state index is 12.5. The number of sulfonamides is 1. The second-order valence-electron chi connectivity index (χ2n) is 6.66. The maximum absolute atomic E-state index is 12.5. The van der Waals surface area contributed by atoms with Crippen molar-refractivity contribution in [3.63, 3.8) is 0 Å². The van der Waals surface area contributed by atoms with Crippen molar-refractivity contribution in [1.82, 2.24) is 4.90 Å². The molecular weight excluding hydrogens is 348 g/mol. The molecule has 0 saturated carbocycles. The molecule has 3 rings (SSSR count). The molecule has 0 saturated heterocycles. The summed E-state index contributed by atoms with van der Waals surface area (Å²) < 4.78 is 33.0. The molecular formula is C20H26N2O3S. The quantitative estimate of drug-likeness (QED) is 0.686. The lowest BCUT2D eigenvalue weighted by Gasteiger charge is -2.15. The van der Waals surface area contributed by atoms with Gasteiger partial charge >= 0.3 is 0 Å². The average molecular weight is 375 g/mol. The first-order chi connectivity index (χ1) is 12.6. The highest BCUT2D eigenvalue weighted by molar-refractivity contribution is 7.92. The minimum absolute atomic E-state index is 0.0816. The summed E-state index contributed by atoms with van der Waals surface area (Å²) >= 11 is 0. The van der Waals surface area contributed by atoms with E-state index in [1.807, 2.05) is 42.5 Å². The average Bonchev–Trinajstić information content (AvgIpc) is 3.05. The van der Waals surface area contributed by atoms with Gasteiger partial charge in [0.1, 0.15) is 0 Å². The third-order valence-electron chi connectivity index (χ3n) is 4.64. The maximum Gasteiger partial charge on any atom is 0.233 e. The molecule has 0 atom stereocenters. The number of anilines is 1. The van der Waals surface area contributed by atoms with Gasteiger partial charge in [0.15, 0.2) is 0 Å². The summed E-state index contributed by atoms with van der Waals surface area (Å²) in [4.78, 5) is 2.32. The van der Waals surface area contributed by atoms with E-state index >= 15 is 0 Å². The summed E-state index contributed by atoms with van der Waals surface area (Å²) in [6.07, 6.45) is 1.48. The summed E-state index contributed by atoms with van der Waals surface area (Å²) in [5.41, 5.74) is 4.03. The van der Waals surface area contributed by atoms with Crippen LogP contribution in [0.3, 0.4) is 0 Å². The molecule has 140 valence electrons. The lowest BCUT2D eigenvalue weighted by Crippen LogP contribution is -2.20. The zero-order valence-corrected chi connectivity index (χ0v) is 16.0. The Balaban J connectivity index is 1.63. The van der Waals surface area contributed by atoms with Crippen molar-refractivity contribution in [3.05, 3.63) is 65.2 Å². The molecule has 0 fully saturated rings. The summed E-state index contributed by atoms with van der Waals surface area (Å²) in [5.74, 6) is 0.0816. The van der Waals surface area contributed by atoms with Crippen LogP contribution in [0.25, 0.3) is 0 Å². The summed E-state index contributed by atoms with van der Waals surface area (Å²) in [5, 5.41) is 0. The van der Waals surface area contributed by atoms with Gasteiger partial charge in [-0.3, -0.25) is 9.62 Å². The molecule has 1 aliphatic rings. The SMILES string of the molecule is COCCCN1Cc2cccc(NS(=O)(=O)CCc3ccccc3)c2C1. The number of aryl methyl sites for hydroxylation is 1. The molecule has 0 spiro atoms. The minimum Gasteiger partial charge on any atom is -0.385 e. The van der Waals surface area contributed by atoms with Gasteiger partial charge in [-0.1, -0.05) is 42.5 Å². The highest BCUT2D eigenvalue weighted by Crippen LogP contribution is 2.30. The Morgan fingerprint density at radius 1 is 1.08 bits per heavy atom. The Morgan fingerprint density at radius 3 is 2.65 bits per heavy atom. The fourth-order valence-electron chi connectivity index (χ4n) is 3.29. The number of rotatable bonds is 9. The largest absolute Gasteiger partial charge is 0.385 e. The van der Waals surface area contributed by atoms with Crippen molar-refractivity contribution in [2.24, 2.45) is 0 Å². The second kappa shape index (κ2) is 8.66. The summed E-state index contributed by atoms with van der Waals surface area (Å²) in [6.45, 7) is 3.32. The number of nitrogens with zero attached hydrogens (tertiary/aromatic N) is 1. The lowest BCUT2D eigenvalue weighted by atomic mass is 10.1. The van der Waals surface area contributed by atoms with Gasteiger partial charge in [0, 0.05) is 33.4 Å². The van der Waals surface area contributed by atoms with Crippen molar-refractivity contribution in [2.75, 3.05) is 30.7 Å². The van der Waals surface area contributed by atoms with Gasteiger partial charge in [-0.25, -0.2) is 8.42 Å². The van der Waals surface area contributed by atoms with Crippen LogP contribution in [0.4, 0.5) is 5.69 Å². The van der Waals surface area contributed by atoms with Gasteiger partial charge in [0.2, 0.25) is 10.0 Å². The Morgan fingerprint density at radius 2 is 1.88 bits per heavy atom. The van der Waals surface area contributed by atoms with Crippen LogP contribution in [0.5, 0.6) is 0 Å². The van der Waals surface area contributed by atoms with Crippen LogP contribution >= 0.6 is 0 Å². The number of methoxy groups -OCH3 is 1. The number of ether oxygens (including phenoxy) is 1. The number of fused-ring (bicyclic) bond motifs is 1. The molecule has 1 N–H and O–H groups in total. The van der Waals surface area contributed by atoms with Crippen LogP contribution < -0.4 is 4.72 Å². The van der Waals surface area contributed by atoms with E-state index in [-0.39, 0.29) is 5.75 Å². The molecule has 2 aromatic carbocycles. The van der Waals surface area contributed by atoms with E-state index in [1.54, 1.807) is 7.11 Å². The van der Waals surface area contributed by atoms with Gasteiger partial charge in [-0.15, -0.1) is 0 Å². The van der Waals surface area contributed by atoms with E-state index in [4.69, 9.17) is 4.74 Å². The van der Waals surface area contributed by atoms with Gasteiger partial charge in [0.25, 0.3) is 0 Å². The van der Waals surface area contributed by atoms with E-state index in [2.05, 4.69) is 15.7 Å². The van der Waals surface area contributed by atoms with Gasteiger partial charge < -0.3 is 4.74 Å². The third kappa shape index (κ3) is 5.06. The van der Waals surface area contributed by atoms with E-state index in [0.717, 1.165) is 43.8 Å². The van der Waals surface area contributed by atoms with Crippen LogP contribution in [0.2, 0.25) is 0 Å². The van der Waals surface area contributed by atoms with E-state index < -0.39 is 10.0 Å². The zero-order chi connectivity index (χ0) is 18.4. The summed E-state index contributed by atoms with van der Waals surface area (Å²) in [7, 11) is -1.67. The highest BCUT2D eigenvalue weighted by atomic mass is 32.2. The molecule has 5 nitrogen and oxygen atoms in total. The normalized spacial score (nSPS) is 14.3. The zero-order valence-electron chi connectivity index (χ0n) is 15.1. The topological polar surface area (TPSA) is 58.6 Å². The lowest BCUT2D eigenvalue weighted by molar-refractivity contribution is 0.172. The predicted octanol–water partition coefficient (Wildman–Crippen LogP) is 3.02. The molecule has 0 aromatic heterocycles. The van der Waals surface area contributed by atoms with Crippen LogP contribution in [0, 0.1) is 0 Å². The van der Waals surface area contributed by atoms with Gasteiger partial charge in [-0.05, 0) is 35.6 Å². The molecule has 1 aliphatic heterocycles. The van der Waals surface area contributed by atoms with E-state index in [1.165, 1.54) is 5.56 Å². The van der Waals surface area contributed by atoms with Crippen LogP contribution in [-0.2, 0) is 34.3 Å². The minimum atomic E-state index is -3.38. The first-order valence-electron chi connectivity index (χ1n) is 8.94. The Kier molecular flexibility index (Phi) is 6.29. The second-order valence-corrected chi connectivity index (χ2v) is 8.50. The van der Waals surface area contributed by atoms with Crippen LogP contribution in [-0.4, -0.2) is 39.3 Å². The Bertz CT molecular complexity index is 822. The fourth-order valence-corrected chi connectivity index (χ4v) is 4.42. The molecule has 0 amide bonds. The molecule has 26 heavy (non-hydrogen) atoms. The van der Waals surface area contributed by atoms with Crippen LogP contribution in [0.1, 0.15) is 23.1 Å². The third-order valence-corrected chi connectivity index (χ3v) is 5.91. The van der Waals surface area contributed by atoms with E-state index in [9.17, 15) is 8.42 Å². The van der Waals surface area contributed by atoms with E-state index in [0.29, 0.717) is 12.1 Å². The Hall–Kier alpha value is -1.89. The fraction of sp³-hybridized carbons (Fsp3) is 0.400. The van der Waals surface area contributed by atoms with Gasteiger partial charge in [0.05, 0.1) is 11.4 Å². The molecule has 6 heteroatoms.